The third kappa shape index (κ3) is 2.99. The Labute approximate surface area is 115 Å². The number of nitrogens with one attached hydrogen (secondary N) is 1. The zero-order chi connectivity index (χ0) is 13.1. The van der Waals surface area contributed by atoms with Gasteiger partial charge in [-0.3, -0.25) is 4.90 Å². The van der Waals surface area contributed by atoms with E-state index in [1.165, 1.54) is 30.4 Å². The Morgan fingerprint density at radius 2 is 2.21 bits per heavy atom. The summed E-state index contributed by atoms with van der Waals surface area (Å²) in [5.41, 5.74) is 2.94. The molecule has 1 saturated heterocycles. The topological polar surface area (TPSA) is 24.5 Å². The molecule has 1 aromatic rings. The van der Waals surface area contributed by atoms with Crippen LogP contribution in [-0.2, 0) is 11.3 Å². The van der Waals surface area contributed by atoms with Gasteiger partial charge >= 0.3 is 0 Å². The van der Waals surface area contributed by atoms with Crippen LogP contribution >= 0.6 is 0 Å². The standard InChI is InChI=1S/C16H24N2O/c1-18(12-14-6-4-10-19-14)16-8-9-17-11-13-5-2-3-7-15(13)16/h2-3,5,7,14,16-17H,4,6,8-12H2,1H3. The molecular formula is C16H24N2O. The molecule has 1 aromatic carbocycles. The summed E-state index contributed by atoms with van der Waals surface area (Å²) in [5.74, 6) is 0. The minimum Gasteiger partial charge on any atom is -0.377 e. The van der Waals surface area contributed by atoms with Crippen molar-refractivity contribution in [2.45, 2.75) is 38.0 Å². The fourth-order valence-corrected chi connectivity index (χ4v) is 3.33. The molecule has 1 N–H and O–H groups in total. The summed E-state index contributed by atoms with van der Waals surface area (Å²) in [6, 6.07) is 9.37. The van der Waals surface area contributed by atoms with E-state index in [-0.39, 0.29) is 0 Å². The Kier molecular flexibility index (Phi) is 4.16. The van der Waals surface area contributed by atoms with Crippen molar-refractivity contribution in [2.24, 2.45) is 0 Å². The molecule has 0 spiro atoms. The van der Waals surface area contributed by atoms with Gasteiger partial charge in [-0.15, -0.1) is 0 Å². The van der Waals surface area contributed by atoms with Gasteiger partial charge in [0.1, 0.15) is 0 Å². The van der Waals surface area contributed by atoms with E-state index in [1.807, 2.05) is 0 Å². The van der Waals surface area contributed by atoms with E-state index in [2.05, 4.69) is 41.5 Å². The number of likely N-dealkylation sites (N-methyl/N-ethyl adjacent to an activating group) is 1. The number of hydrogen-bond donors (Lipinski definition) is 1. The second kappa shape index (κ2) is 6.04. The van der Waals surface area contributed by atoms with Gasteiger partial charge in [-0.05, 0) is 44.0 Å². The predicted octanol–water partition coefficient (Wildman–Crippen LogP) is 2.33. The Hall–Kier alpha value is -0.900. The van der Waals surface area contributed by atoms with Crippen LogP contribution in [0.25, 0.3) is 0 Å². The van der Waals surface area contributed by atoms with Gasteiger partial charge in [0.15, 0.2) is 0 Å². The minimum atomic E-state index is 0.438. The molecule has 1 fully saturated rings. The van der Waals surface area contributed by atoms with Crippen LogP contribution in [-0.4, -0.2) is 37.7 Å². The van der Waals surface area contributed by atoms with E-state index in [9.17, 15) is 0 Å². The van der Waals surface area contributed by atoms with Gasteiger partial charge < -0.3 is 10.1 Å². The molecule has 2 aliphatic rings. The monoisotopic (exact) mass is 260 g/mol. The van der Waals surface area contributed by atoms with E-state index in [4.69, 9.17) is 4.74 Å². The number of rotatable bonds is 3. The quantitative estimate of drug-likeness (QED) is 0.903. The molecule has 3 rings (SSSR count). The second-order valence-electron chi connectivity index (χ2n) is 5.75. The third-order valence-electron chi connectivity index (χ3n) is 4.37. The number of fused-ring (bicyclic) bond motifs is 1. The van der Waals surface area contributed by atoms with Crippen LogP contribution in [0.5, 0.6) is 0 Å². The first-order valence-corrected chi connectivity index (χ1v) is 7.45. The molecule has 2 unspecified atom stereocenters. The van der Waals surface area contributed by atoms with Crippen molar-refractivity contribution in [1.29, 1.82) is 0 Å². The summed E-state index contributed by atoms with van der Waals surface area (Å²) < 4.78 is 5.78. The average molecular weight is 260 g/mol. The van der Waals surface area contributed by atoms with Crippen LogP contribution in [0.15, 0.2) is 24.3 Å². The number of hydrogen-bond acceptors (Lipinski definition) is 3. The maximum Gasteiger partial charge on any atom is 0.0702 e. The Morgan fingerprint density at radius 1 is 1.32 bits per heavy atom. The van der Waals surface area contributed by atoms with Gasteiger partial charge in [0.2, 0.25) is 0 Å². The van der Waals surface area contributed by atoms with Crippen molar-refractivity contribution in [2.75, 3.05) is 26.7 Å². The van der Waals surface area contributed by atoms with Crippen molar-refractivity contribution < 1.29 is 4.74 Å². The van der Waals surface area contributed by atoms with E-state index in [1.54, 1.807) is 0 Å². The van der Waals surface area contributed by atoms with Gasteiger partial charge in [0.25, 0.3) is 0 Å². The molecule has 0 aliphatic carbocycles. The summed E-state index contributed by atoms with van der Waals surface area (Å²) in [6.45, 7) is 4.09. The molecule has 0 bridgehead atoms. The lowest BCUT2D eigenvalue weighted by Gasteiger charge is -2.30. The predicted molar refractivity (Wildman–Crippen MR) is 77.1 cm³/mol. The van der Waals surface area contributed by atoms with Crippen molar-refractivity contribution in [3.05, 3.63) is 35.4 Å². The first-order chi connectivity index (χ1) is 9.34. The maximum absolute atomic E-state index is 5.78. The van der Waals surface area contributed by atoms with E-state index in [0.717, 1.165) is 26.2 Å². The molecule has 19 heavy (non-hydrogen) atoms. The van der Waals surface area contributed by atoms with Crippen LogP contribution in [0.3, 0.4) is 0 Å². The van der Waals surface area contributed by atoms with Crippen molar-refractivity contribution in [3.8, 4) is 0 Å². The average Bonchev–Trinajstić information content (AvgIpc) is 2.83. The van der Waals surface area contributed by atoms with Gasteiger partial charge in [0.05, 0.1) is 6.10 Å². The highest BCUT2D eigenvalue weighted by Crippen LogP contribution is 2.29. The Balaban J connectivity index is 1.75. The number of ether oxygens (including phenoxy) is 1. The molecule has 2 atom stereocenters. The van der Waals surface area contributed by atoms with Crippen molar-refractivity contribution in [1.82, 2.24) is 10.2 Å². The second-order valence-corrected chi connectivity index (χ2v) is 5.75. The van der Waals surface area contributed by atoms with Crippen LogP contribution in [0.1, 0.15) is 36.4 Å². The molecule has 0 radical (unpaired) electrons. The lowest BCUT2D eigenvalue weighted by atomic mass is 9.98. The van der Waals surface area contributed by atoms with E-state index < -0.39 is 0 Å². The van der Waals surface area contributed by atoms with Crippen LogP contribution in [0, 0.1) is 0 Å². The van der Waals surface area contributed by atoms with Gasteiger partial charge in [-0.1, -0.05) is 24.3 Å². The fourth-order valence-electron chi connectivity index (χ4n) is 3.33. The van der Waals surface area contributed by atoms with Gasteiger partial charge in [-0.2, -0.15) is 0 Å². The lowest BCUT2D eigenvalue weighted by Crippen LogP contribution is -2.33. The van der Waals surface area contributed by atoms with E-state index >= 15 is 0 Å². The van der Waals surface area contributed by atoms with Crippen LogP contribution < -0.4 is 5.32 Å². The molecule has 104 valence electrons. The summed E-state index contributed by atoms with van der Waals surface area (Å²) in [5, 5.41) is 3.52. The first kappa shape index (κ1) is 13.1. The third-order valence-corrected chi connectivity index (χ3v) is 4.37. The summed E-state index contributed by atoms with van der Waals surface area (Å²) >= 11 is 0. The molecule has 0 amide bonds. The van der Waals surface area contributed by atoms with Crippen LogP contribution in [0.4, 0.5) is 0 Å². The van der Waals surface area contributed by atoms with Gasteiger partial charge in [0, 0.05) is 25.7 Å². The smallest absolute Gasteiger partial charge is 0.0702 e. The number of benzene rings is 1. The Morgan fingerprint density at radius 3 is 3.05 bits per heavy atom. The first-order valence-electron chi connectivity index (χ1n) is 7.45. The van der Waals surface area contributed by atoms with Crippen molar-refractivity contribution in [3.63, 3.8) is 0 Å². The molecule has 3 nitrogen and oxygen atoms in total. The summed E-state index contributed by atoms with van der Waals surface area (Å²) in [6.07, 6.45) is 4.06. The maximum atomic E-state index is 5.78. The molecule has 2 aliphatic heterocycles. The summed E-state index contributed by atoms with van der Waals surface area (Å²) in [7, 11) is 2.24. The highest BCUT2D eigenvalue weighted by atomic mass is 16.5. The Bertz CT molecular complexity index is 415. The summed E-state index contributed by atoms with van der Waals surface area (Å²) in [4.78, 5) is 2.49. The largest absolute Gasteiger partial charge is 0.377 e. The van der Waals surface area contributed by atoms with Gasteiger partial charge in [-0.25, -0.2) is 0 Å². The molecular weight excluding hydrogens is 236 g/mol. The zero-order valence-corrected chi connectivity index (χ0v) is 11.8. The molecule has 3 heteroatoms. The highest BCUT2D eigenvalue weighted by molar-refractivity contribution is 5.31. The lowest BCUT2D eigenvalue weighted by molar-refractivity contribution is 0.0666. The minimum absolute atomic E-state index is 0.438. The molecule has 0 aromatic heterocycles. The van der Waals surface area contributed by atoms with Crippen LogP contribution in [0.2, 0.25) is 0 Å². The van der Waals surface area contributed by atoms with E-state index in [0.29, 0.717) is 12.1 Å². The fraction of sp³-hybridized carbons (Fsp3) is 0.625. The molecule has 2 heterocycles. The normalized spacial score (nSPS) is 27.3. The zero-order valence-electron chi connectivity index (χ0n) is 11.8. The van der Waals surface area contributed by atoms with Crippen molar-refractivity contribution >= 4 is 0 Å². The molecule has 0 saturated carbocycles. The highest BCUT2D eigenvalue weighted by Gasteiger charge is 2.25. The SMILES string of the molecule is CN(CC1CCCO1)C1CCNCc2ccccc21. The number of nitrogens with zero attached hydrogens (tertiary/aromatic N) is 1.